The fourth-order valence-electron chi connectivity index (χ4n) is 5.83. The number of fused-ring (bicyclic) bond motifs is 10. The molecule has 40 heavy (non-hydrogen) atoms. The van der Waals surface area contributed by atoms with Crippen molar-refractivity contribution < 1.29 is 23.9 Å². The first-order valence-electron chi connectivity index (χ1n) is 14.1. The molecule has 12 nitrogen and oxygen atoms in total. The molecule has 0 unspecified atom stereocenters. The molecule has 2 fully saturated rings. The number of carbonyl (C=O) groups is 3. The highest BCUT2D eigenvalue weighted by Gasteiger charge is 2.40. The Labute approximate surface area is 234 Å². The molecule has 4 aliphatic rings. The van der Waals surface area contributed by atoms with E-state index in [0.717, 1.165) is 18.4 Å². The van der Waals surface area contributed by atoms with Crippen molar-refractivity contribution in [2.75, 3.05) is 52.5 Å². The molecule has 6 bridgehead atoms. The van der Waals surface area contributed by atoms with E-state index in [-0.39, 0.29) is 42.1 Å². The summed E-state index contributed by atoms with van der Waals surface area (Å²) in [6.07, 6.45) is 5.99. The molecule has 2 aromatic heterocycles. The van der Waals surface area contributed by atoms with Crippen LogP contribution in [-0.4, -0.2) is 112 Å². The number of hydrogen-bond donors (Lipinski definition) is 1. The lowest BCUT2D eigenvalue weighted by Gasteiger charge is -2.37. The van der Waals surface area contributed by atoms with Gasteiger partial charge in [0, 0.05) is 77.1 Å². The normalized spacial score (nSPS) is 25.3. The van der Waals surface area contributed by atoms with Crippen LogP contribution in [0.4, 0.5) is 0 Å². The molecule has 6 heterocycles. The van der Waals surface area contributed by atoms with Crippen molar-refractivity contribution in [3.05, 3.63) is 41.9 Å². The predicted octanol–water partition coefficient (Wildman–Crippen LogP) is 0.684. The Hall–Kier alpha value is -3.51. The maximum absolute atomic E-state index is 13.8. The smallest absolute Gasteiger partial charge is 0.270 e. The Balaban J connectivity index is 1.34. The van der Waals surface area contributed by atoms with Crippen LogP contribution in [0.25, 0.3) is 0 Å². The topological polar surface area (TPSA) is 122 Å². The number of nitrogens with zero attached hydrogens (tertiary/aromatic N) is 6. The highest BCUT2D eigenvalue weighted by atomic mass is 16.5. The van der Waals surface area contributed by atoms with E-state index in [1.165, 1.54) is 0 Å². The second-order valence-electron chi connectivity index (χ2n) is 10.9. The number of aromatic nitrogens is 3. The summed E-state index contributed by atoms with van der Waals surface area (Å²) in [5.41, 5.74) is 1.28. The quantitative estimate of drug-likeness (QED) is 0.539. The summed E-state index contributed by atoms with van der Waals surface area (Å²) in [5.74, 6) is 0.505. The fourth-order valence-corrected chi connectivity index (χ4v) is 5.83. The van der Waals surface area contributed by atoms with E-state index in [0.29, 0.717) is 70.7 Å². The third-order valence-corrected chi connectivity index (χ3v) is 7.96. The molecule has 2 atom stereocenters. The lowest BCUT2D eigenvalue weighted by molar-refractivity contribution is -0.138. The van der Waals surface area contributed by atoms with E-state index >= 15 is 0 Å². The van der Waals surface area contributed by atoms with Crippen molar-refractivity contribution in [3.8, 4) is 5.88 Å². The molecule has 0 aliphatic carbocycles. The van der Waals surface area contributed by atoms with Crippen LogP contribution in [0.15, 0.2) is 30.6 Å². The van der Waals surface area contributed by atoms with Crippen LogP contribution < -0.4 is 10.1 Å². The van der Waals surface area contributed by atoms with Gasteiger partial charge in [-0.1, -0.05) is 6.07 Å². The van der Waals surface area contributed by atoms with E-state index in [1.807, 2.05) is 29.2 Å². The minimum Gasteiger partial charge on any atom is -0.475 e. The Bertz CT molecular complexity index is 1200. The van der Waals surface area contributed by atoms with E-state index in [4.69, 9.17) is 9.47 Å². The van der Waals surface area contributed by atoms with E-state index in [9.17, 15) is 14.4 Å². The molecule has 4 aliphatic heterocycles. The molecule has 0 spiro atoms. The number of amides is 3. The Kier molecular flexibility index (Phi) is 8.95. The maximum atomic E-state index is 13.8. The molecule has 3 amide bonds. The van der Waals surface area contributed by atoms with E-state index < -0.39 is 0 Å². The lowest BCUT2D eigenvalue weighted by Crippen LogP contribution is -2.49. The van der Waals surface area contributed by atoms with Gasteiger partial charge in [0.05, 0.1) is 25.5 Å². The van der Waals surface area contributed by atoms with Crippen molar-refractivity contribution in [1.29, 1.82) is 0 Å². The molecule has 12 heteroatoms. The molecule has 1 N–H and O–H groups in total. The first-order chi connectivity index (χ1) is 19.4. The van der Waals surface area contributed by atoms with E-state index in [2.05, 4.69) is 20.3 Å². The van der Waals surface area contributed by atoms with Crippen LogP contribution in [0.2, 0.25) is 0 Å². The summed E-state index contributed by atoms with van der Waals surface area (Å²) in [6, 6.07) is 4.55. The van der Waals surface area contributed by atoms with Gasteiger partial charge in [-0.3, -0.25) is 24.0 Å². The minimum absolute atomic E-state index is 0.0259. The zero-order valence-electron chi connectivity index (χ0n) is 23.3. The van der Waals surface area contributed by atoms with Crippen molar-refractivity contribution in [3.63, 3.8) is 0 Å². The number of pyridine rings is 1. The largest absolute Gasteiger partial charge is 0.475 e. The van der Waals surface area contributed by atoms with Gasteiger partial charge < -0.3 is 24.6 Å². The predicted molar refractivity (Wildman–Crippen MR) is 145 cm³/mol. The molecule has 0 aromatic carbocycles. The number of piperidine rings is 1. The fraction of sp³-hybridized carbons (Fsp3) is 0.607. The van der Waals surface area contributed by atoms with Gasteiger partial charge in [-0.15, -0.1) is 0 Å². The number of carbonyl (C=O) groups excluding carboxylic acids is 3. The molecule has 2 saturated heterocycles. The van der Waals surface area contributed by atoms with Gasteiger partial charge in [0.25, 0.3) is 5.91 Å². The Morgan fingerprint density at radius 3 is 2.67 bits per heavy atom. The average molecular weight is 554 g/mol. The van der Waals surface area contributed by atoms with Crippen LogP contribution in [0.3, 0.4) is 0 Å². The van der Waals surface area contributed by atoms with Gasteiger partial charge >= 0.3 is 0 Å². The van der Waals surface area contributed by atoms with Crippen LogP contribution in [0.5, 0.6) is 5.88 Å². The first-order valence-corrected chi connectivity index (χ1v) is 14.1. The van der Waals surface area contributed by atoms with Crippen LogP contribution >= 0.6 is 0 Å². The summed E-state index contributed by atoms with van der Waals surface area (Å²) in [7, 11) is 1.87. The third kappa shape index (κ3) is 6.97. The summed E-state index contributed by atoms with van der Waals surface area (Å²) in [5, 5.41) is 7.37. The van der Waals surface area contributed by atoms with Crippen molar-refractivity contribution >= 4 is 17.7 Å². The highest BCUT2D eigenvalue weighted by Crippen LogP contribution is 2.26. The summed E-state index contributed by atoms with van der Waals surface area (Å²) in [6.45, 7) is 6.25. The molecule has 216 valence electrons. The number of hydrogen-bond acceptors (Lipinski definition) is 8. The Morgan fingerprint density at radius 2 is 1.93 bits per heavy atom. The highest BCUT2D eigenvalue weighted by molar-refractivity contribution is 5.92. The molecular formula is C28H39N7O5. The molecule has 0 radical (unpaired) electrons. The number of ether oxygens (including phenoxy) is 2. The van der Waals surface area contributed by atoms with Gasteiger partial charge in [-0.2, -0.15) is 5.10 Å². The van der Waals surface area contributed by atoms with Crippen molar-refractivity contribution in [2.45, 2.75) is 44.8 Å². The van der Waals surface area contributed by atoms with Gasteiger partial charge in [0.15, 0.2) is 0 Å². The molecule has 2 aromatic rings. The van der Waals surface area contributed by atoms with Crippen LogP contribution in [0, 0.1) is 5.92 Å². The number of rotatable bonds is 2. The van der Waals surface area contributed by atoms with Gasteiger partial charge in [-0.25, -0.2) is 4.98 Å². The first kappa shape index (κ1) is 28.0. The standard InChI is InChI=1S/C28H39N7O5/c1-20(36)34-10-11-39-12-13-40-26-5-3-4-24(31-26)27(37)30-23-14-25(28(38)33-8-6-21(17-34)7-9-33)35(19-23)18-22-15-29-32(2)16-22/h3-5,15-16,21,23,25H,6-14,17-19H2,1-2H3,(H,30,37)/t23-,25+/m1/s1. The van der Waals surface area contributed by atoms with Gasteiger partial charge in [0.1, 0.15) is 12.3 Å². The maximum Gasteiger partial charge on any atom is 0.270 e. The minimum atomic E-state index is -0.343. The third-order valence-electron chi connectivity index (χ3n) is 7.96. The average Bonchev–Trinajstić information content (AvgIpc) is 3.54. The Morgan fingerprint density at radius 1 is 1.10 bits per heavy atom. The number of likely N-dealkylation sites (tertiary alicyclic amines) is 1. The van der Waals surface area contributed by atoms with Gasteiger partial charge in [0.2, 0.25) is 17.7 Å². The SMILES string of the molecule is CC(=O)N1CCOCCOc2cccc(n2)C(=O)N[C@@H]2C[C@@H](C(=O)N3CCC(CC3)C1)N(Cc1cnn(C)c1)C2. The van der Waals surface area contributed by atoms with Gasteiger partial charge in [-0.05, 0) is 31.2 Å². The summed E-state index contributed by atoms with van der Waals surface area (Å²) >= 11 is 0. The summed E-state index contributed by atoms with van der Waals surface area (Å²) < 4.78 is 13.2. The number of aryl methyl sites for hydroxylation is 1. The molecule has 0 saturated carbocycles. The monoisotopic (exact) mass is 553 g/mol. The molecular weight excluding hydrogens is 514 g/mol. The zero-order valence-corrected chi connectivity index (χ0v) is 23.3. The van der Waals surface area contributed by atoms with Crippen LogP contribution in [0.1, 0.15) is 42.2 Å². The number of nitrogens with one attached hydrogen (secondary N) is 1. The summed E-state index contributed by atoms with van der Waals surface area (Å²) in [4.78, 5) is 49.5. The zero-order chi connectivity index (χ0) is 28.1. The second kappa shape index (κ2) is 12.8. The van der Waals surface area contributed by atoms with E-state index in [1.54, 1.807) is 29.8 Å². The molecule has 6 rings (SSSR count). The van der Waals surface area contributed by atoms with Crippen molar-refractivity contribution in [2.24, 2.45) is 13.0 Å². The van der Waals surface area contributed by atoms with Crippen LogP contribution in [-0.2, 0) is 27.9 Å². The lowest BCUT2D eigenvalue weighted by atomic mass is 9.95. The second-order valence-corrected chi connectivity index (χ2v) is 10.9. The van der Waals surface area contributed by atoms with Crippen molar-refractivity contribution in [1.82, 2.24) is 34.8 Å².